The number of esters is 4. The van der Waals surface area contributed by atoms with Crippen molar-refractivity contribution in [2.75, 3.05) is 39.6 Å². The number of carbonyl (C=O) groups excluding carboxylic acids is 4. The number of unbranched alkanes of at least 4 members (excludes halogenated alkanes) is 30. The molecule has 0 bridgehead atoms. The largest absolute Gasteiger partial charge is 0.472 e. The molecule has 3 N–H and O–H groups in total. The first kappa shape index (κ1) is 94.0. The van der Waals surface area contributed by atoms with Gasteiger partial charge in [0.1, 0.15) is 19.3 Å². The predicted molar refractivity (Wildman–Crippen MR) is 399 cm³/mol. The van der Waals surface area contributed by atoms with E-state index in [1.165, 1.54) is 64.2 Å². The molecule has 0 fully saturated rings. The van der Waals surface area contributed by atoms with Gasteiger partial charge in [-0.15, -0.1) is 0 Å². The fraction of sp³-hybridized carbons (Fsp3) is 0.747. The molecule has 0 amide bonds. The first-order chi connectivity index (χ1) is 47.7. The average Bonchev–Trinajstić information content (AvgIpc) is 0.972. The van der Waals surface area contributed by atoms with Gasteiger partial charge in [0.05, 0.1) is 26.4 Å². The molecular formula is C79H138O17P2. The monoisotopic (exact) mass is 1420 g/mol. The van der Waals surface area contributed by atoms with E-state index in [1.54, 1.807) is 0 Å². The molecule has 0 saturated heterocycles. The number of aliphatic hydroxyl groups excluding tert-OH is 1. The second-order valence-electron chi connectivity index (χ2n) is 25.5. The Morgan fingerprint density at radius 1 is 0.296 bits per heavy atom. The van der Waals surface area contributed by atoms with E-state index < -0.39 is 97.5 Å². The molecule has 0 spiro atoms. The molecular weight excluding hydrogens is 1280 g/mol. The van der Waals surface area contributed by atoms with E-state index in [9.17, 15) is 43.2 Å². The zero-order valence-electron chi connectivity index (χ0n) is 61.7. The van der Waals surface area contributed by atoms with Gasteiger partial charge in [-0.2, -0.15) is 0 Å². The number of hydrogen-bond donors (Lipinski definition) is 3. The van der Waals surface area contributed by atoms with Crippen LogP contribution in [0.3, 0.4) is 0 Å². The van der Waals surface area contributed by atoms with E-state index >= 15 is 0 Å². The highest BCUT2D eigenvalue weighted by Crippen LogP contribution is 2.45. The maximum atomic E-state index is 13.1. The summed E-state index contributed by atoms with van der Waals surface area (Å²) in [5, 5.41) is 10.6. The highest BCUT2D eigenvalue weighted by atomic mass is 31.2. The molecule has 0 saturated carbocycles. The summed E-state index contributed by atoms with van der Waals surface area (Å²) in [5.41, 5.74) is 0. The third-order valence-corrected chi connectivity index (χ3v) is 17.9. The Kier molecular flexibility index (Phi) is 68.4. The summed E-state index contributed by atoms with van der Waals surface area (Å²) in [6.07, 6.45) is 74.0. The van der Waals surface area contributed by atoms with Crippen LogP contribution < -0.4 is 0 Å². The van der Waals surface area contributed by atoms with Crippen molar-refractivity contribution in [2.45, 2.75) is 341 Å². The van der Waals surface area contributed by atoms with Gasteiger partial charge in [-0.3, -0.25) is 37.3 Å². The number of phosphoric acid groups is 2. The molecule has 0 rings (SSSR count). The fourth-order valence-corrected chi connectivity index (χ4v) is 11.8. The molecule has 0 aromatic carbocycles. The summed E-state index contributed by atoms with van der Waals surface area (Å²) in [5.74, 6) is -2.20. The average molecular weight is 1420 g/mol. The van der Waals surface area contributed by atoms with Crippen molar-refractivity contribution in [3.8, 4) is 0 Å². The molecule has 0 aromatic heterocycles. The predicted octanol–water partition coefficient (Wildman–Crippen LogP) is 22.0. The van der Waals surface area contributed by atoms with Crippen molar-refractivity contribution in [3.05, 3.63) is 97.2 Å². The van der Waals surface area contributed by atoms with Crippen LogP contribution in [0.15, 0.2) is 97.2 Å². The Bertz CT molecular complexity index is 2240. The first-order valence-electron chi connectivity index (χ1n) is 38.5. The lowest BCUT2D eigenvalue weighted by Crippen LogP contribution is -2.30. The summed E-state index contributed by atoms with van der Waals surface area (Å²) in [4.78, 5) is 72.8. The lowest BCUT2D eigenvalue weighted by atomic mass is 10.0. The molecule has 98 heavy (non-hydrogen) atoms. The van der Waals surface area contributed by atoms with Crippen LogP contribution in [-0.2, 0) is 65.4 Å². The SMILES string of the molecule is CC/C=C\C/C=C\C/C=C\C/C=C\CCCCCCCCC(=O)OCC(COP(=O)(O)OCC(O)COP(=O)(O)OCC(COC(=O)CCCCCCC/C=C\C/C=C\C/C=C\CC)OC(=O)CCCCCCC/C=C\CCCC)OC(=O)CCCCCCCCCCCCCCC. The maximum Gasteiger partial charge on any atom is 0.472 e. The minimum Gasteiger partial charge on any atom is -0.462 e. The van der Waals surface area contributed by atoms with Gasteiger partial charge in [-0.05, 0) is 116 Å². The molecule has 0 heterocycles. The lowest BCUT2D eigenvalue weighted by molar-refractivity contribution is -0.161. The molecule has 5 unspecified atom stereocenters. The quantitative estimate of drug-likeness (QED) is 0.0169. The van der Waals surface area contributed by atoms with Crippen molar-refractivity contribution >= 4 is 39.5 Å². The van der Waals surface area contributed by atoms with Crippen LogP contribution in [0.2, 0.25) is 0 Å². The molecule has 0 radical (unpaired) electrons. The Balaban J connectivity index is 5.31. The maximum absolute atomic E-state index is 13.1. The third kappa shape index (κ3) is 70.4. The molecule has 0 aliphatic rings. The van der Waals surface area contributed by atoms with Crippen LogP contribution in [0.4, 0.5) is 0 Å². The van der Waals surface area contributed by atoms with Crippen LogP contribution in [-0.4, -0.2) is 96.7 Å². The number of aliphatic hydroxyl groups is 1. The summed E-state index contributed by atoms with van der Waals surface area (Å²) < 4.78 is 68.4. The highest BCUT2D eigenvalue weighted by molar-refractivity contribution is 7.47. The standard InChI is InChI=1S/C79H138O17P2/c1-5-9-13-17-21-25-29-32-34-35-36-37-39-42-45-48-52-56-60-64-77(82)90-70-75(96-79(84)66-62-58-54-50-46-40-31-27-23-19-15-11-7-3)72-94-98(87,88)92-68-73(80)67-91-97(85,86)93-71-74(95-78(83)65-61-57-53-49-43-28-24-20-16-12-8-4)69-89-76(81)63-59-55-51-47-44-41-38-33-30-26-22-18-14-10-6-2/h9-10,13-14,20-22,24-26,32-34,36-38,73-75,80H,5-8,11-12,15-19,23,27-31,35,39-72H2,1-4H3,(H,85,86)(H,87,88)/b13-9-,14-10-,24-20-,25-21-,26-22-,34-32-,37-36-,38-33-. The number of phosphoric ester groups is 2. The molecule has 0 aliphatic heterocycles. The van der Waals surface area contributed by atoms with Gasteiger partial charge in [-0.1, -0.05) is 279 Å². The first-order valence-corrected chi connectivity index (χ1v) is 41.5. The van der Waals surface area contributed by atoms with E-state index in [0.717, 1.165) is 180 Å². The molecule has 0 aliphatic carbocycles. The Hall–Kier alpha value is -4.02. The van der Waals surface area contributed by atoms with Crippen molar-refractivity contribution < 1.29 is 80.2 Å². The summed E-state index contributed by atoms with van der Waals surface area (Å²) >= 11 is 0. The van der Waals surface area contributed by atoms with Gasteiger partial charge in [0, 0.05) is 25.7 Å². The van der Waals surface area contributed by atoms with Crippen LogP contribution >= 0.6 is 15.6 Å². The van der Waals surface area contributed by atoms with Crippen LogP contribution in [0.5, 0.6) is 0 Å². The van der Waals surface area contributed by atoms with Gasteiger partial charge >= 0.3 is 39.5 Å². The number of carbonyl (C=O) groups is 4. The molecule has 566 valence electrons. The fourth-order valence-electron chi connectivity index (χ4n) is 10.2. The van der Waals surface area contributed by atoms with Crippen LogP contribution in [0.25, 0.3) is 0 Å². The van der Waals surface area contributed by atoms with Gasteiger partial charge in [0.15, 0.2) is 12.2 Å². The lowest BCUT2D eigenvalue weighted by Gasteiger charge is -2.21. The minimum absolute atomic E-state index is 0.0811. The van der Waals surface area contributed by atoms with Crippen molar-refractivity contribution in [1.29, 1.82) is 0 Å². The van der Waals surface area contributed by atoms with Crippen LogP contribution in [0.1, 0.15) is 323 Å². The molecule has 17 nitrogen and oxygen atoms in total. The Morgan fingerprint density at radius 3 is 0.857 bits per heavy atom. The van der Waals surface area contributed by atoms with E-state index in [4.69, 9.17) is 37.0 Å². The van der Waals surface area contributed by atoms with Gasteiger partial charge < -0.3 is 33.8 Å². The Labute approximate surface area is 595 Å². The second-order valence-corrected chi connectivity index (χ2v) is 28.4. The number of ether oxygens (including phenoxy) is 4. The number of rotatable bonds is 72. The van der Waals surface area contributed by atoms with E-state index in [1.807, 2.05) is 0 Å². The van der Waals surface area contributed by atoms with Crippen molar-refractivity contribution in [3.63, 3.8) is 0 Å². The topological polar surface area (TPSA) is 237 Å². The van der Waals surface area contributed by atoms with Crippen molar-refractivity contribution in [2.24, 2.45) is 0 Å². The smallest absolute Gasteiger partial charge is 0.462 e. The van der Waals surface area contributed by atoms with E-state index in [-0.39, 0.29) is 25.7 Å². The molecule has 5 atom stereocenters. The van der Waals surface area contributed by atoms with E-state index in [0.29, 0.717) is 25.7 Å². The van der Waals surface area contributed by atoms with Gasteiger partial charge in [0.2, 0.25) is 0 Å². The number of allylic oxidation sites excluding steroid dienone is 16. The molecule has 0 aromatic rings. The zero-order valence-corrected chi connectivity index (χ0v) is 63.5. The normalized spacial score (nSPS) is 14.5. The van der Waals surface area contributed by atoms with E-state index in [2.05, 4.69) is 125 Å². The van der Waals surface area contributed by atoms with Crippen LogP contribution in [0, 0.1) is 0 Å². The van der Waals surface area contributed by atoms with Crippen molar-refractivity contribution in [1.82, 2.24) is 0 Å². The highest BCUT2D eigenvalue weighted by Gasteiger charge is 2.30. The summed E-state index contributed by atoms with van der Waals surface area (Å²) in [7, 11) is -9.95. The summed E-state index contributed by atoms with van der Waals surface area (Å²) in [6, 6.07) is 0. The summed E-state index contributed by atoms with van der Waals surface area (Å²) in [6.45, 7) is 4.59. The van der Waals surface area contributed by atoms with Gasteiger partial charge in [-0.25, -0.2) is 9.13 Å². The number of hydrogen-bond acceptors (Lipinski definition) is 15. The second kappa shape index (κ2) is 71.4. The Morgan fingerprint density at radius 2 is 0.541 bits per heavy atom. The van der Waals surface area contributed by atoms with Gasteiger partial charge in [0.25, 0.3) is 0 Å². The molecule has 19 heteroatoms. The minimum atomic E-state index is -4.97. The zero-order chi connectivity index (χ0) is 71.8. The third-order valence-electron chi connectivity index (χ3n) is 16.0.